The molecule has 0 saturated heterocycles. The van der Waals surface area contributed by atoms with Gasteiger partial charge in [-0.25, -0.2) is 0 Å². The van der Waals surface area contributed by atoms with Crippen LogP contribution in [0.2, 0.25) is 0 Å². The lowest BCUT2D eigenvalue weighted by atomic mass is 9.93. The SMILES string of the molecule is C#CCNC(=O)C1CNc2ccccc2C1. The second-order valence-electron chi connectivity index (χ2n) is 3.86. The summed E-state index contributed by atoms with van der Waals surface area (Å²) in [6.45, 7) is 0.977. The zero-order chi connectivity index (χ0) is 11.4. The zero-order valence-electron chi connectivity index (χ0n) is 8.99. The van der Waals surface area contributed by atoms with Crippen LogP contribution < -0.4 is 10.6 Å². The Morgan fingerprint density at radius 2 is 2.38 bits per heavy atom. The topological polar surface area (TPSA) is 41.1 Å². The van der Waals surface area contributed by atoms with Crippen LogP contribution >= 0.6 is 0 Å². The van der Waals surface area contributed by atoms with Gasteiger partial charge in [-0.15, -0.1) is 6.42 Å². The van der Waals surface area contributed by atoms with Gasteiger partial charge in [0.2, 0.25) is 5.91 Å². The molecule has 0 aliphatic carbocycles. The van der Waals surface area contributed by atoms with Crippen molar-refractivity contribution < 1.29 is 4.79 Å². The average molecular weight is 214 g/mol. The first-order valence-corrected chi connectivity index (χ1v) is 5.34. The molecule has 1 atom stereocenters. The number of nitrogens with one attached hydrogen (secondary N) is 2. The lowest BCUT2D eigenvalue weighted by molar-refractivity contribution is -0.124. The van der Waals surface area contributed by atoms with Gasteiger partial charge in [0.15, 0.2) is 0 Å². The molecule has 2 N–H and O–H groups in total. The Bertz CT molecular complexity index is 434. The van der Waals surface area contributed by atoms with Crippen LogP contribution in [-0.2, 0) is 11.2 Å². The summed E-state index contributed by atoms with van der Waals surface area (Å²) in [4.78, 5) is 11.7. The Morgan fingerprint density at radius 3 is 3.19 bits per heavy atom. The number of rotatable bonds is 2. The molecule has 1 heterocycles. The van der Waals surface area contributed by atoms with Gasteiger partial charge in [-0.1, -0.05) is 24.1 Å². The van der Waals surface area contributed by atoms with Gasteiger partial charge in [0.1, 0.15) is 0 Å². The number of hydrogen-bond donors (Lipinski definition) is 2. The molecule has 1 aliphatic rings. The summed E-state index contributed by atoms with van der Waals surface area (Å²) in [5, 5.41) is 5.98. The molecule has 0 saturated carbocycles. The van der Waals surface area contributed by atoms with Crippen LogP contribution in [0.3, 0.4) is 0 Å². The number of carbonyl (C=O) groups is 1. The summed E-state index contributed by atoms with van der Waals surface area (Å²) in [5.41, 5.74) is 2.32. The number of benzene rings is 1. The van der Waals surface area contributed by atoms with Crippen LogP contribution in [0, 0.1) is 18.3 Å². The molecule has 0 spiro atoms. The molecule has 82 valence electrons. The summed E-state index contributed by atoms with van der Waals surface area (Å²) >= 11 is 0. The summed E-state index contributed by atoms with van der Waals surface area (Å²) in [7, 11) is 0. The molecule has 0 bridgehead atoms. The number of fused-ring (bicyclic) bond motifs is 1. The monoisotopic (exact) mass is 214 g/mol. The molecule has 1 unspecified atom stereocenters. The van der Waals surface area contributed by atoms with Gasteiger partial charge >= 0.3 is 0 Å². The van der Waals surface area contributed by atoms with Crippen LogP contribution in [0.4, 0.5) is 5.69 Å². The molecule has 0 aromatic heterocycles. The van der Waals surface area contributed by atoms with Gasteiger partial charge in [0.25, 0.3) is 0 Å². The Labute approximate surface area is 95.2 Å². The van der Waals surface area contributed by atoms with E-state index in [1.807, 2.05) is 24.3 Å². The maximum atomic E-state index is 11.7. The largest absolute Gasteiger partial charge is 0.384 e. The molecule has 0 radical (unpaired) electrons. The fourth-order valence-electron chi connectivity index (χ4n) is 1.91. The van der Waals surface area contributed by atoms with Crippen molar-refractivity contribution in [1.29, 1.82) is 0 Å². The Hall–Kier alpha value is -1.95. The molecule has 1 amide bonds. The van der Waals surface area contributed by atoms with E-state index in [1.165, 1.54) is 5.56 Å². The molecule has 16 heavy (non-hydrogen) atoms. The molecule has 3 heteroatoms. The van der Waals surface area contributed by atoms with Crippen molar-refractivity contribution in [2.75, 3.05) is 18.4 Å². The third-order valence-corrected chi connectivity index (χ3v) is 2.76. The first kappa shape index (κ1) is 10.6. The minimum absolute atomic E-state index is 0.0248. The molecule has 3 nitrogen and oxygen atoms in total. The van der Waals surface area contributed by atoms with E-state index in [-0.39, 0.29) is 11.8 Å². The summed E-state index contributed by atoms with van der Waals surface area (Å²) in [6, 6.07) is 8.06. The zero-order valence-corrected chi connectivity index (χ0v) is 8.99. The number of amides is 1. The predicted molar refractivity (Wildman–Crippen MR) is 64.0 cm³/mol. The minimum atomic E-state index is -0.0248. The van der Waals surface area contributed by atoms with Gasteiger partial charge in [-0.2, -0.15) is 0 Å². The van der Waals surface area contributed by atoms with E-state index in [0.29, 0.717) is 13.1 Å². The maximum absolute atomic E-state index is 11.7. The van der Waals surface area contributed by atoms with E-state index < -0.39 is 0 Å². The summed E-state index contributed by atoms with van der Waals surface area (Å²) in [5.74, 6) is 2.41. The first-order chi connectivity index (χ1) is 7.81. The number of carbonyl (C=O) groups excluding carboxylic acids is 1. The molecule has 1 aliphatic heterocycles. The Balaban J connectivity index is 2.03. The standard InChI is InChI=1S/C13H14N2O/c1-2-7-14-13(16)11-8-10-5-3-4-6-12(10)15-9-11/h1,3-6,11,15H,7-9H2,(H,14,16). The van der Waals surface area contributed by atoms with Crippen LogP contribution in [0.1, 0.15) is 5.56 Å². The normalized spacial score (nSPS) is 17.8. The second-order valence-corrected chi connectivity index (χ2v) is 3.86. The van der Waals surface area contributed by atoms with Crippen molar-refractivity contribution in [3.8, 4) is 12.3 Å². The van der Waals surface area contributed by atoms with Crippen LogP contribution in [-0.4, -0.2) is 19.0 Å². The highest BCUT2D eigenvalue weighted by Gasteiger charge is 2.23. The summed E-state index contributed by atoms with van der Waals surface area (Å²) in [6.07, 6.45) is 5.88. The van der Waals surface area contributed by atoms with Crippen molar-refractivity contribution in [3.63, 3.8) is 0 Å². The Morgan fingerprint density at radius 1 is 1.56 bits per heavy atom. The van der Waals surface area contributed by atoms with Gasteiger partial charge in [0.05, 0.1) is 12.5 Å². The Kier molecular flexibility index (Phi) is 3.11. The van der Waals surface area contributed by atoms with Crippen molar-refractivity contribution in [3.05, 3.63) is 29.8 Å². The number of anilines is 1. The number of terminal acetylenes is 1. The van der Waals surface area contributed by atoms with E-state index >= 15 is 0 Å². The number of hydrogen-bond acceptors (Lipinski definition) is 2. The van der Waals surface area contributed by atoms with E-state index in [0.717, 1.165) is 12.1 Å². The van der Waals surface area contributed by atoms with Gasteiger partial charge in [-0.05, 0) is 18.1 Å². The second kappa shape index (κ2) is 4.71. The number of para-hydroxylation sites is 1. The highest BCUT2D eigenvalue weighted by molar-refractivity contribution is 5.81. The van der Waals surface area contributed by atoms with Gasteiger partial charge in [0, 0.05) is 12.2 Å². The van der Waals surface area contributed by atoms with Crippen LogP contribution in [0.15, 0.2) is 24.3 Å². The van der Waals surface area contributed by atoms with Crippen molar-refractivity contribution in [1.82, 2.24) is 5.32 Å². The quantitative estimate of drug-likeness (QED) is 0.722. The third-order valence-electron chi connectivity index (χ3n) is 2.76. The van der Waals surface area contributed by atoms with E-state index in [2.05, 4.69) is 16.6 Å². The average Bonchev–Trinajstić information content (AvgIpc) is 2.35. The first-order valence-electron chi connectivity index (χ1n) is 5.34. The maximum Gasteiger partial charge on any atom is 0.225 e. The van der Waals surface area contributed by atoms with Crippen molar-refractivity contribution in [2.24, 2.45) is 5.92 Å². The molecule has 1 aromatic rings. The van der Waals surface area contributed by atoms with E-state index in [1.54, 1.807) is 0 Å². The van der Waals surface area contributed by atoms with Gasteiger partial charge in [-0.3, -0.25) is 4.79 Å². The molecule has 0 fully saturated rings. The highest BCUT2D eigenvalue weighted by atomic mass is 16.1. The smallest absolute Gasteiger partial charge is 0.225 e. The van der Waals surface area contributed by atoms with Crippen LogP contribution in [0.25, 0.3) is 0 Å². The van der Waals surface area contributed by atoms with E-state index in [9.17, 15) is 4.79 Å². The molecular formula is C13H14N2O. The molecular weight excluding hydrogens is 200 g/mol. The third kappa shape index (κ3) is 2.17. The lowest BCUT2D eigenvalue weighted by Gasteiger charge is -2.25. The predicted octanol–water partition coefficient (Wildman–Crippen LogP) is 1.02. The van der Waals surface area contributed by atoms with Crippen LogP contribution in [0.5, 0.6) is 0 Å². The summed E-state index contributed by atoms with van der Waals surface area (Å²) < 4.78 is 0. The van der Waals surface area contributed by atoms with Crippen molar-refractivity contribution >= 4 is 11.6 Å². The fourth-order valence-corrected chi connectivity index (χ4v) is 1.91. The van der Waals surface area contributed by atoms with E-state index in [4.69, 9.17) is 6.42 Å². The molecule has 2 rings (SSSR count). The minimum Gasteiger partial charge on any atom is -0.384 e. The fraction of sp³-hybridized carbons (Fsp3) is 0.308. The lowest BCUT2D eigenvalue weighted by Crippen LogP contribution is -2.38. The van der Waals surface area contributed by atoms with Gasteiger partial charge < -0.3 is 10.6 Å². The molecule has 1 aromatic carbocycles. The highest BCUT2D eigenvalue weighted by Crippen LogP contribution is 2.24. The van der Waals surface area contributed by atoms with Crippen molar-refractivity contribution in [2.45, 2.75) is 6.42 Å².